The van der Waals surface area contributed by atoms with Crippen LogP contribution in [0.25, 0.3) is 10.8 Å². The molecule has 1 aromatic heterocycles. The number of aromatic nitrogens is 2. The third kappa shape index (κ3) is 2.44. The highest BCUT2D eigenvalue weighted by Crippen LogP contribution is 2.35. The van der Waals surface area contributed by atoms with E-state index in [1.165, 1.54) is 11.5 Å². The number of aromatic hydroxyl groups is 1. The van der Waals surface area contributed by atoms with Crippen molar-refractivity contribution in [1.29, 1.82) is 0 Å². The van der Waals surface area contributed by atoms with Crippen LogP contribution in [0.15, 0.2) is 36.4 Å². The Morgan fingerprint density at radius 2 is 1.85 bits per heavy atom. The predicted octanol–water partition coefficient (Wildman–Crippen LogP) is 4.31. The van der Waals surface area contributed by atoms with Crippen molar-refractivity contribution in [1.82, 2.24) is 9.36 Å². The van der Waals surface area contributed by atoms with Gasteiger partial charge in [0.25, 0.3) is 5.19 Å². The zero-order valence-electron chi connectivity index (χ0n) is 11.2. The van der Waals surface area contributed by atoms with Gasteiger partial charge in [-0.1, -0.05) is 38.1 Å². The zero-order chi connectivity index (χ0) is 14.1. The number of hydrogen-bond acceptors (Lipinski definition) is 5. The summed E-state index contributed by atoms with van der Waals surface area (Å²) in [5.74, 6) is 1.51. The van der Waals surface area contributed by atoms with E-state index >= 15 is 0 Å². The molecular formula is C15H14N2O2S. The molecule has 0 radical (unpaired) electrons. The lowest BCUT2D eigenvalue weighted by Gasteiger charge is -2.06. The van der Waals surface area contributed by atoms with E-state index in [4.69, 9.17) is 4.74 Å². The van der Waals surface area contributed by atoms with E-state index in [0.717, 1.165) is 16.6 Å². The van der Waals surface area contributed by atoms with Crippen LogP contribution in [0.5, 0.6) is 16.7 Å². The normalized spacial score (nSPS) is 11.2. The number of hydrogen-bond donors (Lipinski definition) is 1. The van der Waals surface area contributed by atoms with Gasteiger partial charge in [-0.3, -0.25) is 0 Å². The molecule has 0 unspecified atom stereocenters. The molecule has 102 valence electrons. The van der Waals surface area contributed by atoms with Crippen LogP contribution in [0.3, 0.4) is 0 Å². The van der Waals surface area contributed by atoms with Gasteiger partial charge in [-0.25, -0.2) is 0 Å². The second kappa shape index (κ2) is 5.09. The largest absolute Gasteiger partial charge is 0.504 e. The summed E-state index contributed by atoms with van der Waals surface area (Å²) < 4.78 is 9.87. The van der Waals surface area contributed by atoms with Gasteiger partial charge in [-0.2, -0.15) is 9.36 Å². The Balaban J connectivity index is 1.95. The molecule has 0 aliphatic heterocycles. The Bertz CT molecular complexity index is 752. The highest BCUT2D eigenvalue weighted by Gasteiger charge is 2.12. The lowest BCUT2D eigenvalue weighted by atomic mass is 10.1. The molecule has 0 amide bonds. The van der Waals surface area contributed by atoms with E-state index in [0.29, 0.717) is 10.9 Å². The summed E-state index contributed by atoms with van der Waals surface area (Å²) in [5, 5.41) is 12.4. The molecule has 0 fully saturated rings. The molecule has 3 rings (SSSR count). The molecule has 5 heteroatoms. The minimum Gasteiger partial charge on any atom is -0.504 e. The number of phenols is 1. The number of fused-ring (bicyclic) bond motifs is 1. The van der Waals surface area contributed by atoms with Crippen LogP contribution in [0.1, 0.15) is 25.6 Å². The van der Waals surface area contributed by atoms with Crippen LogP contribution in [0.2, 0.25) is 0 Å². The first-order chi connectivity index (χ1) is 9.63. The van der Waals surface area contributed by atoms with Gasteiger partial charge in [-0.05, 0) is 22.9 Å². The lowest BCUT2D eigenvalue weighted by molar-refractivity contribution is 0.410. The van der Waals surface area contributed by atoms with Gasteiger partial charge in [-0.15, -0.1) is 0 Å². The second-order valence-corrected chi connectivity index (χ2v) is 5.56. The number of nitrogens with zero attached hydrogens (tertiary/aromatic N) is 2. The fraction of sp³-hybridized carbons (Fsp3) is 0.200. The molecule has 2 aromatic carbocycles. The molecule has 0 saturated heterocycles. The maximum absolute atomic E-state index is 10.0. The Labute approximate surface area is 120 Å². The van der Waals surface area contributed by atoms with E-state index < -0.39 is 0 Å². The van der Waals surface area contributed by atoms with Gasteiger partial charge < -0.3 is 9.84 Å². The highest BCUT2D eigenvalue weighted by atomic mass is 32.1. The minimum absolute atomic E-state index is 0.102. The average Bonchev–Trinajstić information content (AvgIpc) is 2.88. The Kier molecular flexibility index (Phi) is 3.28. The molecular weight excluding hydrogens is 272 g/mol. The summed E-state index contributed by atoms with van der Waals surface area (Å²) in [7, 11) is 0. The molecule has 4 nitrogen and oxygen atoms in total. The van der Waals surface area contributed by atoms with E-state index in [1.54, 1.807) is 12.1 Å². The smallest absolute Gasteiger partial charge is 0.298 e. The van der Waals surface area contributed by atoms with Crippen LogP contribution in [0.4, 0.5) is 0 Å². The summed E-state index contributed by atoms with van der Waals surface area (Å²) in [6, 6.07) is 11.3. The monoisotopic (exact) mass is 286 g/mol. The summed E-state index contributed by atoms with van der Waals surface area (Å²) in [6.07, 6.45) is 0. The van der Waals surface area contributed by atoms with Crippen molar-refractivity contribution in [3.63, 3.8) is 0 Å². The van der Waals surface area contributed by atoms with Gasteiger partial charge in [0.05, 0.1) is 0 Å². The number of benzene rings is 2. The molecule has 0 aliphatic carbocycles. The summed E-state index contributed by atoms with van der Waals surface area (Å²) >= 11 is 1.19. The lowest BCUT2D eigenvalue weighted by Crippen LogP contribution is -1.90. The molecule has 0 atom stereocenters. The molecule has 0 saturated carbocycles. The van der Waals surface area contributed by atoms with Gasteiger partial charge in [0, 0.05) is 17.5 Å². The van der Waals surface area contributed by atoms with Crippen molar-refractivity contribution in [3.8, 4) is 16.7 Å². The maximum atomic E-state index is 10.0. The molecule has 0 spiro atoms. The van der Waals surface area contributed by atoms with E-state index in [1.807, 2.05) is 38.1 Å². The van der Waals surface area contributed by atoms with Crippen molar-refractivity contribution in [3.05, 3.63) is 42.2 Å². The zero-order valence-corrected chi connectivity index (χ0v) is 12.0. The first kappa shape index (κ1) is 12.9. The molecule has 0 bridgehead atoms. The van der Waals surface area contributed by atoms with E-state index in [-0.39, 0.29) is 11.7 Å². The van der Waals surface area contributed by atoms with Gasteiger partial charge in [0.15, 0.2) is 11.5 Å². The Morgan fingerprint density at radius 3 is 2.50 bits per heavy atom. The standard InChI is InChI=1S/C15H14N2O2S/c1-9(2)14-16-15(20-17-14)19-13-8-11-6-4-3-5-10(11)7-12(13)18/h3-9,18H,1-2H3. The van der Waals surface area contributed by atoms with Crippen LogP contribution in [-0.2, 0) is 0 Å². The van der Waals surface area contributed by atoms with Gasteiger partial charge in [0.1, 0.15) is 5.82 Å². The highest BCUT2D eigenvalue weighted by molar-refractivity contribution is 7.07. The SMILES string of the molecule is CC(C)c1nsc(Oc2cc3ccccc3cc2O)n1. The van der Waals surface area contributed by atoms with E-state index in [9.17, 15) is 5.11 Å². The Hall–Kier alpha value is -2.14. The topological polar surface area (TPSA) is 55.2 Å². The van der Waals surface area contributed by atoms with Crippen LogP contribution < -0.4 is 4.74 Å². The van der Waals surface area contributed by atoms with Crippen molar-refractivity contribution in [2.75, 3.05) is 0 Å². The quantitative estimate of drug-likeness (QED) is 0.779. The third-order valence-electron chi connectivity index (χ3n) is 2.96. The maximum Gasteiger partial charge on any atom is 0.298 e. The molecule has 1 N–H and O–H groups in total. The third-order valence-corrected chi connectivity index (χ3v) is 3.57. The second-order valence-electron chi connectivity index (χ2n) is 4.84. The summed E-state index contributed by atoms with van der Waals surface area (Å²) in [4.78, 5) is 4.30. The van der Waals surface area contributed by atoms with Gasteiger partial charge in [0.2, 0.25) is 0 Å². The summed E-state index contributed by atoms with van der Waals surface area (Å²) in [5.41, 5.74) is 0. The molecule has 0 aliphatic rings. The fourth-order valence-corrected chi connectivity index (χ4v) is 2.56. The molecule has 1 heterocycles. The molecule has 20 heavy (non-hydrogen) atoms. The first-order valence-electron chi connectivity index (χ1n) is 6.36. The number of phenolic OH excluding ortho intramolecular Hbond substituents is 1. The number of ether oxygens (including phenoxy) is 1. The average molecular weight is 286 g/mol. The Morgan fingerprint density at radius 1 is 1.15 bits per heavy atom. The van der Waals surface area contributed by atoms with E-state index in [2.05, 4.69) is 9.36 Å². The van der Waals surface area contributed by atoms with Crippen molar-refractivity contribution >= 4 is 22.3 Å². The summed E-state index contributed by atoms with van der Waals surface area (Å²) in [6.45, 7) is 4.05. The van der Waals surface area contributed by atoms with Gasteiger partial charge >= 0.3 is 0 Å². The van der Waals surface area contributed by atoms with Crippen molar-refractivity contribution in [2.24, 2.45) is 0 Å². The van der Waals surface area contributed by atoms with Crippen LogP contribution in [-0.4, -0.2) is 14.5 Å². The van der Waals surface area contributed by atoms with Crippen LogP contribution >= 0.6 is 11.5 Å². The first-order valence-corrected chi connectivity index (χ1v) is 7.14. The molecule has 3 aromatic rings. The fourth-order valence-electron chi connectivity index (χ4n) is 1.88. The number of rotatable bonds is 3. The predicted molar refractivity (Wildman–Crippen MR) is 79.7 cm³/mol. The minimum atomic E-state index is 0.102. The van der Waals surface area contributed by atoms with Crippen LogP contribution in [0, 0.1) is 0 Å². The van der Waals surface area contributed by atoms with Crippen molar-refractivity contribution < 1.29 is 9.84 Å². The van der Waals surface area contributed by atoms with Crippen molar-refractivity contribution in [2.45, 2.75) is 19.8 Å².